The number of hydrogen-bond acceptors (Lipinski definition) is 2. The monoisotopic (exact) mass is 296 g/mol. The van der Waals surface area contributed by atoms with Crippen molar-refractivity contribution in [2.24, 2.45) is 0 Å². The lowest BCUT2D eigenvalue weighted by atomic mass is 10.0. The van der Waals surface area contributed by atoms with Gasteiger partial charge in [0.2, 0.25) is 5.91 Å². The number of hydrogen-bond donors (Lipinski definition) is 1. The summed E-state index contributed by atoms with van der Waals surface area (Å²) in [7, 11) is 0. The fraction of sp³-hybridized carbons (Fsp3) is 0.421. The van der Waals surface area contributed by atoms with E-state index in [2.05, 4.69) is 47.5 Å². The zero-order valence-corrected chi connectivity index (χ0v) is 13.2. The number of nitrogens with one attached hydrogen (secondary N) is 1. The summed E-state index contributed by atoms with van der Waals surface area (Å²) in [6.07, 6.45) is 2.91. The Bertz CT molecular complexity index is 653. The van der Waals surface area contributed by atoms with Crippen LogP contribution in [0.3, 0.4) is 0 Å². The summed E-state index contributed by atoms with van der Waals surface area (Å²) in [6.45, 7) is 5.21. The largest absolute Gasteiger partial charge is 0.354 e. The van der Waals surface area contributed by atoms with Crippen molar-refractivity contribution in [1.29, 1.82) is 0 Å². The van der Waals surface area contributed by atoms with Crippen LogP contribution in [-0.4, -0.2) is 36.5 Å². The maximum absolute atomic E-state index is 12.2. The molecule has 2 aromatic rings. The second-order valence-corrected chi connectivity index (χ2v) is 6.09. The molecule has 0 radical (unpaired) electrons. The van der Waals surface area contributed by atoms with Crippen molar-refractivity contribution in [3.63, 3.8) is 0 Å². The molecule has 2 aromatic carbocycles. The molecule has 3 heteroatoms. The summed E-state index contributed by atoms with van der Waals surface area (Å²) in [5.41, 5.74) is 1.08. The Balaban J connectivity index is 1.56. The van der Waals surface area contributed by atoms with Gasteiger partial charge < -0.3 is 5.32 Å². The van der Waals surface area contributed by atoms with E-state index in [9.17, 15) is 4.79 Å². The molecule has 0 saturated carbocycles. The van der Waals surface area contributed by atoms with Gasteiger partial charge in [-0.25, -0.2) is 0 Å². The van der Waals surface area contributed by atoms with Crippen LogP contribution in [0.5, 0.6) is 0 Å². The van der Waals surface area contributed by atoms with Gasteiger partial charge in [-0.1, -0.05) is 49.4 Å². The molecular weight excluding hydrogens is 272 g/mol. The minimum absolute atomic E-state index is 0.123. The van der Waals surface area contributed by atoms with Crippen LogP contribution in [0.4, 0.5) is 0 Å². The van der Waals surface area contributed by atoms with Crippen molar-refractivity contribution in [2.75, 3.05) is 19.6 Å². The van der Waals surface area contributed by atoms with E-state index in [1.807, 2.05) is 12.1 Å². The Morgan fingerprint density at radius 1 is 1.23 bits per heavy atom. The van der Waals surface area contributed by atoms with Gasteiger partial charge in [0.15, 0.2) is 0 Å². The lowest BCUT2D eigenvalue weighted by molar-refractivity contribution is -0.120. The molecule has 1 atom stereocenters. The van der Waals surface area contributed by atoms with Crippen molar-refractivity contribution in [2.45, 2.75) is 32.2 Å². The van der Waals surface area contributed by atoms with Crippen LogP contribution >= 0.6 is 0 Å². The van der Waals surface area contributed by atoms with Crippen LogP contribution in [0, 0.1) is 0 Å². The molecule has 1 N–H and O–H groups in total. The van der Waals surface area contributed by atoms with Crippen LogP contribution in [0.1, 0.15) is 25.3 Å². The third kappa shape index (κ3) is 3.47. The third-order valence-corrected chi connectivity index (χ3v) is 4.62. The molecule has 3 nitrogen and oxygen atoms in total. The minimum atomic E-state index is 0.123. The summed E-state index contributed by atoms with van der Waals surface area (Å²) >= 11 is 0. The maximum atomic E-state index is 12.2. The Hall–Kier alpha value is -1.87. The first-order valence-corrected chi connectivity index (χ1v) is 8.24. The number of nitrogens with zero attached hydrogens (tertiary/aromatic N) is 1. The van der Waals surface area contributed by atoms with E-state index in [4.69, 9.17) is 0 Å². The number of carbonyl (C=O) groups is 1. The van der Waals surface area contributed by atoms with Gasteiger partial charge in [0.05, 0.1) is 6.42 Å². The number of likely N-dealkylation sites (tertiary alicyclic amines) is 1. The van der Waals surface area contributed by atoms with Gasteiger partial charge in [0, 0.05) is 12.6 Å². The van der Waals surface area contributed by atoms with E-state index in [1.165, 1.54) is 30.2 Å². The number of benzene rings is 2. The number of fused-ring (bicyclic) bond motifs is 1. The standard InChI is InChI=1S/C19H24N2O/c1-2-21-11-5-8-18(21)14-20-19(22)13-15-9-10-16-6-3-4-7-17(16)12-15/h3-4,6-7,9-10,12,18H,2,5,8,11,13-14H2,1H3,(H,20,22). The molecule has 0 bridgehead atoms. The molecule has 116 valence electrons. The first kappa shape index (κ1) is 15.0. The topological polar surface area (TPSA) is 32.3 Å². The zero-order valence-electron chi connectivity index (χ0n) is 13.2. The Labute approximate surface area is 132 Å². The fourth-order valence-electron chi connectivity index (χ4n) is 3.37. The quantitative estimate of drug-likeness (QED) is 0.920. The van der Waals surface area contributed by atoms with Crippen LogP contribution in [0.25, 0.3) is 10.8 Å². The van der Waals surface area contributed by atoms with Gasteiger partial charge in [-0.05, 0) is 42.3 Å². The first-order chi connectivity index (χ1) is 10.8. The van der Waals surface area contributed by atoms with Gasteiger partial charge in [-0.3, -0.25) is 9.69 Å². The molecule has 1 aliphatic rings. The summed E-state index contributed by atoms with van der Waals surface area (Å²) in [5, 5.41) is 5.52. The van der Waals surface area contributed by atoms with E-state index < -0.39 is 0 Å². The van der Waals surface area contributed by atoms with E-state index in [-0.39, 0.29) is 5.91 Å². The highest BCUT2D eigenvalue weighted by molar-refractivity contribution is 5.85. The highest BCUT2D eigenvalue weighted by atomic mass is 16.1. The van der Waals surface area contributed by atoms with Gasteiger partial charge in [0.1, 0.15) is 0 Å². The van der Waals surface area contributed by atoms with Crippen molar-refractivity contribution >= 4 is 16.7 Å². The summed E-state index contributed by atoms with van der Waals surface area (Å²) < 4.78 is 0. The molecule has 1 aliphatic heterocycles. The number of amides is 1. The van der Waals surface area contributed by atoms with E-state index in [0.717, 1.165) is 18.7 Å². The van der Waals surface area contributed by atoms with Crippen molar-refractivity contribution in [3.05, 3.63) is 48.0 Å². The predicted molar refractivity (Wildman–Crippen MR) is 90.9 cm³/mol. The fourth-order valence-corrected chi connectivity index (χ4v) is 3.37. The Morgan fingerprint density at radius 2 is 2.05 bits per heavy atom. The second-order valence-electron chi connectivity index (χ2n) is 6.09. The molecule has 1 saturated heterocycles. The molecule has 0 spiro atoms. The summed E-state index contributed by atoms with van der Waals surface area (Å²) in [6, 6.07) is 15.0. The Kier molecular flexibility index (Phi) is 4.74. The highest BCUT2D eigenvalue weighted by Crippen LogP contribution is 2.17. The third-order valence-electron chi connectivity index (χ3n) is 4.62. The molecule has 1 amide bonds. The maximum Gasteiger partial charge on any atom is 0.224 e. The molecule has 3 rings (SSSR count). The molecule has 1 heterocycles. The van der Waals surface area contributed by atoms with Crippen molar-refractivity contribution < 1.29 is 4.79 Å². The highest BCUT2D eigenvalue weighted by Gasteiger charge is 2.22. The minimum Gasteiger partial charge on any atom is -0.354 e. The summed E-state index contributed by atoms with van der Waals surface area (Å²) in [5.74, 6) is 0.123. The average Bonchev–Trinajstić information content (AvgIpc) is 3.00. The van der Waals surface area contributed by atoms with Crippen LogP contribution in [0.2, 0.25) is 0 Å². The average molecular weight is 296 g/mol. The van der Waals surface area contributed by atoms with Crippen molar-refractivity contribution in [3.8, 4) is 0 Å². The number of likely N-dealkylation sites (N-methyl/N-ethyl adjacent to an activating group) is 1. The molecular formula is C19H24N2O. The molecule has 0 aromatic heterocycles. The molecule has 1 fully saturated rings. The predicted octanol–water partition coefficient (Wildman–Crippen LogP) is 2.98. The molecule has 1 unspecified atom stereocenters. The van der Waals surface area contributed by atoms with Gasteiger partial charge in [-0.15, -0.1) is 0 Å². The Morgan fingerprint density at radius 3 is 2.86 bits per heavy atom. The van der Waals surface area contributed by atoms with Crippen LogP contribution in [0.15, 0.2) is 42.5 Å². The molecule has 22 heavy (non-hydrogen) atoms. The summed E-state index contributed by atoms with van der Waals surface area (Å²) in [4.78, 5) is 14.6. The number of rotatable bonds is 5. The van der Waals surface area contributed by atoms with Gasteiger partial charge >= 0.3 is 0 Å². The van der Waals surface area contributed by atoms with E-state index >= 15 is 0 Å². The lowest BCUT2D eigenvalue weighted by Crippen LogP contribution is -2.40. The zero-order chi connectivity index (χ0) is 15.4. The van der Waals surface area contributed by atoms with E-state index in [1.54, 1.807) is 0 Å². The van der Waals surface area contributed by atoms with Gasteiger partial charge in [0.25, 0.3) is 0 Å². The van der Waals surface area contributed by atoms with Crippen molar-refractivity contribution in [1.82, 2.24) is 10.2 Å². The van der Waals surface area contributed by atoms with Crippen LogP contribution in [-0.2, 0) is 11.2 Å². The second kappa shape index (κ2) is 6.93. The smallest absolute Gasteiger partial charge is 0.224 e. The van der Waals surface area contributed by atoms with E-state index in [0.29, 0.717) is 12.5 Å². The van der Waals surface area contributed by atoms with Gasteiger partial charge in [-0.2, -0.15) is 0 Å². The first-order valence-electron chi connectivity index (χ1n) is 8.24. The number of carbonyl (C=O) groups excluding carboxylic acids is 1. The lowest BCUT2D eigenvalue weighted by Gasteiger charge is -2.22. The molecule has 0 aliphatic carbocycles. The normalized spacial score (nSPS) is 18.7. The SMILES string of the molecule is CCN1CCCC1CNC(=O)Cc1ccc2ccccc2c1. The van der Waals surface area contributed by atoms with Crippen LogP contribution < -0.4 is 5.32 Å².